The number of fused-ring (bicyclic) bond motifs is 1. The summed E-state index contributed by atoms with van der Waals surface area (Å²) in [6, 6.07) is 1.06. The summed E-state index contributed by atoms with van der Waals surface area (Å²) in [6.07, 6.45) is 8.19. The van der Waals surface area contributed by atoms with Crippen molar-refractivity contribution in [1.82, 2.24) is 29.0 Å². The Morgan fingerprint density at radius 2 is 2.00 bits per heavy atom. The number of hydrogen-bond donors (Lipinski definition) is 3. The third-order valence-electron chi connectivity index (χ3n) is 6.32. The molecule has 172 valence electrons. The lowest BCUT2D eigenvalue weighted by Gasteiger charge is -2.39. The molecule has 2 aliphatic rings. The van der Waals surface area contributed by atoms with E-state index < -0.39 is 0 Å². The van der Waals surface area contributed by atoms with E-state index in [0.29, 0.717) is 24.6 Å². The molecule has 5 rings (SSSR count). The molecule has 1 saturated carbocycles. The molecule has 1 aliphatic carbocycles. The summed E-state index contributed by atoms with van der Waals surface area (Å²) in [4.78, 5) is 12.9. The minimum absolute atomic E-state index is 0.0472. The van der Waals surface area contributed by atoms with Crippen molar-refractivity contribution < 1.29 is 9.84 Å². The van der Waals surface area contributed by atoms with Crippen LogP contribution in [0.25, 0.3) is 10.2 Å². The molecular weight excluding hydrogens is 428 g/mol. The zero-order valence-electron chi connectivity index (χ0n) is 18.3. The van der Waals surface area contributed by atoms with E-state index in [1.54, 1.807) is 10.9 Å². The van der Waals surface area contributed by atoms with Crippen LogP contribution in [-0.2, 0) is 11.3 Å². The van der Waals surface area contributed by atoms with Gasteiger partial charge in [0.2, 0.25) is 5.95 Å². The molecule has 10 nitrogen and oxygen atoms in total. The highest BCUT2D eigenvalue weighted by Gasteiger charge is 2.27. The van der Waals surface area contributed by atoms with Gasteiger partial charge in [0, 0.05) is 31.4 Å². The highest BCUT2D eigenvalue weighted by molar-refractivity contribution is 7.13. The first-order chi connectivity index (χ1) is 15.7. The quantitative estimate of drug-likeness (QED) is 0.491. The Bertz CT molecular complexity index is 1040. The maximum Gasteiger partial charge on any atom is 0.230 e. The zero-order valence-corrected chi connectivity index (χ0v) is 19.1. The van der Waals surface area contributed by atoms with E-state index in [2.05, 4.69) is 30.0 Å². The number of aliphatic hydroxyl groups excluding tert-OH is 1. The van der Waals surface area contributed by atoms with Gasteiger partial charge in [0.15, 0.2) is 4.83 Å². The van der Waals surface area contributed by atoms with Gasteiger partial charge in [-0.05, 0) is 44.1 Å². The number of aliphatic hydroxyl groups is 1. The molecule has 3 aromatic heterocycles. The summed E-state index contributed by atoms with van der Waals surface area (Å²) in [5.41, 5.74) is 1.74. The molecule has 0 unspecified atom stereocenters. The fraction of sp³-hybridized carbons (Fsp3) is 0.619. The van der Waals surface area contributed by atoms with Crippen LogP contribution < -0.4 is 10.6 Å². The van der Waals surface area contributed by atoms with E-state index >= 15 is 0 Å². The Morgan fingerprint density at radius 3 is 2.78 bits per heavy atom. The normalized spacial score (nSPS) is 22.3. The number of aromatic nitrogens is 5. The van der Waals surface area contributed by atoms with Crippen LogP contribution in [0.5, 0.6) is 0 Å². The van der Waals surface area contributed by atoms with Crippen LogP contribution in [0.2, 0.25) is 0 Å². The van der Waals surface area contributed by atoms with Gasteiger partial charge in [0.1, 0.15) is 5.82 Å². The first-order valence-electron chi connectivity index (χ1n) is 11.3. The van der Waals surface area contributed by atoms with Crippen molar-refractivity contribution in [2.45, 2.75) is 51.2 Å². The minimum atomic E-state index is 0.0472. The van der Waals surface area contributed by atoms with Crippen LogP contribution in [0.4, 0.5) is 17.5 Å². The fourth-order valence-electron chi connectivity index (χ4n) is 4.65. The van der Waals surface area contributed by atoms with Crippen molar-refractivity contribution in [3.05, 3.63) is 18.1 Å². The molecule has 3 N–H and O–H groups in total. The third-order valence-corrected chi connectivity index (χ3v) is 7.16. The summed E-state index contributed by atoms with van der Waals surface area (Å²) in [6.45, 7) is 6.33. The molecule has 0 radical (unpaired) electrons. The Hall–Kier alpha value is -2.34. The topological polar surface area (TPSA) is 113 Å². The second-order valence-corrected chi connectivity index (χ2v) is 9.23. The van der Waals surface area contributed by atoms with Gasteiger partial charge in [-0.25, -0.2) is 0 Å². The van der Waals surface area contributed by atoms with E-state index in [0.717, 1.165) is 66.6 Å². The molecule has 3 aromatic rings. The van der Waals surface area contributed by atoms with Gasteiger partial charge in [0.25, 0.3) is 0 Å². The van der Waals surface area contributed by atoms with Crippen molar-refractivity contribution in [1.29, 1.82) is 0 Å². The maximum absolute atomic E-state index is 9.09. The van der Waals surface area contributed by atoms with Crippen LogP contribution in [0.3, 0.4) is 0 Å². The Morgan fingerprint density at radius 1 is 1.19 bits per heavy atom. The molecule has 11 heteroatoms. The summed E-state index contributed by atoms with van der Waals surface area (Å²) in [7, 11) is 0. The van der Waals surface area contributed by atoms with Gasteiger partial charge in [-0.1, -0.05) is 0 Å². The molecule has 0 aromatic carbocycles. The summed E-state index contributed by atoms with van der Waals surface area (Å²) in [5, 5.41) is 21.3. The van der Waals surface area contributed by atoms with Crippen LogP contribution in [0.15, 0.2) is 12.4 Å². The molecule has 0 bridgehead atoms. The van der Waals surface area contributed by atoms with Crippen LogP contribution in [0.1, 0.15) is 31.4 Å². The van der Waals surface area contributed by atoms with Gasteiger partial charge in [-0.3, -0.25) is 9.58 Å². The lowest BCUT2D eigenvalue weighted by molar-refractivity contribution is 0.00791. The predicted molar refractivity (Wildman–Crippen MR) is 125 cm³/mol. The second-order valence-electron chi connectivity index (χ2n) is 8.48. The first kappa shape index (κ1) is 21.5. The Kier molecular flexibility index (Phi) is 6.49. The molecule has 1 aliphatic heterocycles. The summed E-state index contributed by atoms with van der Waals surface area (Å²) >= 11 is 1.39. The average Bonchev–Trinajstić information content (AvgIpc) is 3.41. The number of nitrogens with zero attached hydrogens (tertiary/aromatic N) is 6. The number of aryl methyl sites for hydroxylation is 1. The summed E-state index contributed by atoms with van der Waals surface area (Å²) in [5.74, 6) is 1.37. The number of anilines is 3. The largest absolute Gasteiger partial charge is 0.394 e. The molecule has 2 fully saturated rings. The molecule has 4 heterocycles. The standard InChI is InChI=1S/C21H30N8O2S/c1-14-18-19(23-15-2-4-17(5-3-15)28-7-10-31-11-8-28)25-21(26-20(18)32-27-14)24-16-12-22-29(13-16)6-9-30/h12-13,15,17,30H,2-11H2,1H3,(H2,23,24,25,26). The van der Waals surface area contributed by atoms with E-state index in [9.17, 15) is 0 Å². The highest BCUT2D eigenvalue weighted by Crippen LogP contribution is 2.32. The molecular formula is C21H30N8O2S. The average molecular weight is 459 g/mol. The zero-order chi connectivity index (χ0) is 21.9. The number of morpholine rings is 1. The van der Waals surface area contributed by atoms with E-state index in [-0.39, 0.29) is 6.61 Å². The van der Waals surface area contributed by atoms with Crippen LogP contribution in [0, 0.1) is 6.92 Å². The summed E-state index contributed by atoms with van der Waals surface area (Å²) < 4.78 is 11.7. The first-order valence-corrected chi connectivity index (χ1v) is 12.1. The monoisotopic (exact) mass is 458 g/mol. The molecule has 1 saturated heterocycles. The maximum atomic E-state index is 9.09. The van der Waals surface area contributed by atoms with Gasteiger partial charge >= 0.3 is 0 Å². The number of hydrogen-bond acceptors (Lipinski definition) is 10. The number of ether oxygens (including phenoxy) is 1. The number of nitrogens with one attached hydrogen (secondary N) is 2. The molecule has 0 amide bonds. The lowest BCUT2D eigenvalue weighted by Crippen LogP contribution is -2.46. The van der Waals surface area contributed by atoms with E-state index in [1.165, 1.54) is 24.4 Å². The van der Waals surface area contributed by atoms with Crippen molar-refractivity contribution >= 4 is 39.2 Å². The minimum Gasteiger partial charge on any atom is -0.394 e. The van der Waals surface area contributed by atoms with Crippen LogP contribution in [-0.4, -0.2) is 79.1 Å². The van der Waals surface area contributed by atoms with Gasteiger partial charge in [0.05, 0.1) is 49.3 Å². The van der Waals surface area contributed by atoms with Gasteiger partial charge < -0.3 is 20.5 Å². The Labute approximate surface area is 191 Å². The van der Waals surface area contributed by atoms with Crippen molar-refractivity contribution in [2.75, 3.05) is 43.5 Å². The van der Waals surface area contributed by atoms with E-state index in [4.69, 9.17) is 14.8 Å². The molecule has 0 atom stereocenters. The smallest absolute Gasteiger partial charge is 0.230 e. The van der Waals surface area contributed by atoms with Gasteiger partial charge in [-0.15, -0.1) is 0 Å². The van der Waals surface area contributed by atoms with Crippen molar-refractivity contribution in [2.24, 2.45) is 0 Å². The molecule has 0 spiro atoms. The third kappa shape index (κ3) is 4.70. The van der Waals surface area contributed by atoms with Crippen LogP contribution >= 0.6 is 11.5 Å². The van der Waals surface area contributed by atoms with E-state index in [1.807, 2.05) is 13.1 Å². The Balaban J connectivity index is 1.30. The SMILES string of the molecule is Cc1nsc2nc(Nc3cnn(CCO)c3)nc(NC3CCC(N4CCOCC4)CC3)c12. The van der Waals surface area contributed by atoms with Crippen molar-refractivity contribution in [3.8, 4) is 0 Å². The highest BCUT2D eigenvalue weighted by atomic mass is 32.1. The second kappa shape index (κ2) is 9.65. The van der Waals surface area contributed by atoms with Crippen molar-refractivity contribution in [3.63, 3.8) is 0 Å². The fourth-order valence-corrected chi connectivity index (χ4v) is 5.43. The predicted octanol–water partition coefficient (Wildman–Crippen LogP) is 2.38. The lowest BCUT2D eigenvalue weighted by atomic mass is 9.90. The molecule has 32 heavy (non-hydrogen) atoms. The van der Waals surface area contributed by atoms with Gasteiger partial charge in [-0.2, -0.15) is 19.4 Å². The number of rotatable bonds is 7.